The average molecular weight is 607 g/mol. The van der Waals surface area contributed by atoms with Crippen LogP contribution in [0.4, 0.5) is 10.1 Å². The van der Waals surface area contributed by atoms with E-state index in [4.69, 9.17) is 17.3 Å². The Morgan fingerprint density at radius 1 is 1.19 bits per heavy atom. The number of likely N-dealkylation sites (tertiary alicyclic amines) is 1. The van der Waals surface area contributed by atoms with Crippen molar-refractivity contribution >= 4 is 46.4 Å². The first-order valence-corrected chi connectivity index (χ1v) is 14.3. The molecule has 8 N–H and O–H groups in total. The highest BCUT2D eigenvalue weighted by molar-refractivity contribution is 6.24. The lowest BCUT2D eigenvalue weighted by molar-refractivity contribution is -0.150. The number of hydrogen-bond acceptors (Lipinski definition) is 10. The number of aromatic hydroxyl groups is 1. The molecule has 1 saturated carbocycles. The van der Waals surface area contributed by atoms with Gasteiger partial charge in [0.2, 0.25) is 11.7 Å². The third-order valence-electron chi connectivity index (χ3n) is 8.66. The van der Waals surface area contributed by atoms with Crippen LogP contribution in [-0.2, 0) is 25.6 Å². The maximum absolute atomic E-state index is 15.4. The molecule has 1 saturated heterocycles. The van der Waals surface area contributed by atoms with E-state index in [-0.39, 0.29) is 43.1 Å². The van der Waals surface area contributed by atoms with Gasteiger partial charge in [-0.1, -0.05) is 0 Å². The van der Waals surface area contributed by atoms with E-state index in [0.29, 0.717) is 6.42 Å². The SMILES string of the molecule is NC(=O)C1=C(O)[C@@]2(O)C(=O)C3=C(O)c4c(O)c(NC(=O)CN5CCCC5)cc(F)c4C[C@H]3C[C@H]2[C@H](NCCCCl)C1=O. The summed E-state index contributed by atoms with van der Waals surface area (Å²) >= 11 is 5.74. The van der Waals surface area contributed by atoms with Gasteiger partial charge in [-0.2, -0.15) is 0 Å². The molecule has 1 aromatic carbocycles. The number of amides is 2. The number of Topliss-reactive ketones (excluding diaryl/α,β-unsaturated/α-hetero) is 2. The van der Waals surface area contributed by atoms with Crippen LogP contribution >= 0.6 is 11.6 Å². The number of nitrogens with one attached hydrogen (secondary N) is 2. The normalized spacial score (nSPS) is 27.5. The third kappa shape index (κ3) is 4.74. The number of primary amides is 1. The van der Waals surface area contributed by atoms with E-state index >= 15 is 4.39 Å². The Labute approximate surface area is 245 Å². The fourth-order valence-corrected chi connectivity index (χ4v) is 6.82. The first-order chi connectivity index (χ1) is 19.9. The number of phenolic OH excluding ortho intramolecular Hbond substituents is 1. The second-order valence-electron chi connectivity index (χ2n) is 11.2. The number of carbonyl (C=O) groups excluding carboxylic acids is 4. The number of nitrogens with zero attached hydrogens (tertiary/aromatic N) is 1. The molecule has 1 aromatic rings. The van der Waals surface area contributed by atoms with Crippen molar-refractivity contribution in [1.29, 1.82) is 0 Å². The molecule has 2 amide bonds. The largest absolute Gasteiger partial charge is 0.508 e. The summed E-state index contributed by atoms with van der Waals surface area (Å²) in [5.74, 6) is -9.60. The number of nitrogens with two attached hydrogens (primary N) is 1. The van der Waals surface area contributed by atoms with E-state index in [2.05, 4.69) is 10.6 Å². The van der Waals surface area contributed by atoms with Crippen molar-refractivity contribution in [2.45, 2.75) is 43.7 Å². The molecule has 0 bridgehead atoms. The van der Waals surface area contributed by atoms with Gasteiger partial charge in [0.15, 0.2) is 17.1 Å². The fourth-order valence-electron chi connectivity index (χ4n) is 6.69. The molecule has 5 rings (SSSR count). The smallest absolute Gasteiger partial charge is 0.255 e. The second-order valence-corrected chi connectivity index (χ2v) is 11.5. The van der Waals surface area contributed by atoms with Gasteiger partial charge in [-0.25, -0.2) is 4.39 Å². The molecule has 0 radical (unpaired) electrons. The number of aliphatic hydroxyl groups is 3. The summed E-state index contributed by atoms with van der Waals surface area (Å²) in [4.78, 5) is 53.7. The number of benzene rings is 1. The number of hydrogen-bond donors (Lipinski definition) is 7. The van der Waals surface area contributed by atoms with Gasteiger partial charge < -0.3 is 36.8 Å². The molecule has 4 atom stereocenters. The van der Waals surface area contributed by atoms with Gasteiger partial charge >= 0.3 is 0 Å². The second kappa shape index (κ2) is 11.3. The van der Waals surface area contributed by atoms with Crippen molar-refractivity contribution in [3.05, 3.63) is 39.9 Å². The third-order valence-corrected chi connectivity index (χ3v) is 8.93. The molecule has 226 valence electrons. The van der Waals surface area contributed by atoms with Crippen molar-refractivity contribution in [1.82, 2.24) is 10.2 Å². The Morgan fingerprint density at radius 3 is 2.52 bits per heavy atom. The van der Waals surface area contributed by atoms with Crippen LogP contribution < -0.4 is 16.4 Å². The van der Waals surface area contributed by atoms with Crippen molar-refractivity contribution in [3.63, 3.8) is 0 Å². The number of carbonyl (C=O) groups is 4. The first kappa shape index (κ1) is 30.0. The van der Waals surface area contributed by atoms with Crippen molar-refractivity contribution in [2.75, 3.05) is 37.4 Å². The number of aliphatic hydroxyl groups excluding tert-OH is 2. The van der Waals surface area contributed by atoms with E-state index in [1.807, 2.05) is 4.90 Å². The standard InChI is InChI=1S/C28H32ClFN4O8/c29-4-3-5-32-21-14-9-12-8-13-15(30)10-16(33-17(35)11-34-6-1-2-7-34)22(36)19(13)23(37)18(12)25(39)28(14,42)26(40)20(24(21)38)27(31)41/h10,12,14,21,32,36-37,40,42H,1-9,11H2,(H2,31,41)(H,33,35)/t12-,14-,21-,28-/m0/s1. The Hall–Kier alpha value is -3.52. The predicted molar refractivity (Wildman–Crippen MR) is 148 cm³/mol. The molecule has 1 aliphatic heterocycles. The fraction of sp³-hybridized carbons (Fsp3) is 0.500. The number of rotatable bonds is 8. The number of alkyl halides is 1. The highest BCUT2D eigenvalue weighted by Crippen LogP contribution is 2.53. The van der Waals surface area contributed by atoms with Gasteiger partial charge in [-0.15, -0.1) is 11.6 Å². The Bertz CT molecular complexity index is 1440. The summed E-state index contributed by atoms with van der Waals surface area (Å²) in [6.45, 7) is 1.65. The molecule has 1 heterocycles. The summed E-state index contributed by atoms with van der Waals surface area (Å²) in [6, 6.07) is -0.388. The van der Waals surface area contributed by atoms with Gasteiger partial charge in [0.25, 0.3) is 5.91 Å². The topological polar surface area (TPSA) is 203 Å². The van der Waals surface area contributed by atoms with Crippen LogP contribution in [0.5, 0.6) is 5.75 Å². The minimum atomic E-state index is -2.83. The monoisotopic (exact) mass is 606 g/mol. The van der Waals surface area contributed by atoms with Crippen LogP contribution in [0, 0.1) is 17.7 Å². The zero-order valence-electron chi connectivity index (χ0n) is 22.6. The van der Waals surface area contributed by atoms with Crippen LogP contribution in [0.1, 0.15) is 36.8 Å². The van der Waals surface area contributed by atoms with Crippen LogP contribution in [0.2, 0.25) is 0 Å². The van der Waals surface area contributed by atoms with E-state index in [1.54, 1.807) is 0 Å². The predicted octanol–water partition coefficient (Wildman–Crippen LogP) is 0.794. The first-order valence-electron chi connectivity index (χ1n) is 13.8. The van der Waals surface area contributed by atoms with Crippen LogP contribution in [0.25, 0.3) is 5.76 Å². The summed E-state index contributed by atoms with van der Waals surface area (Å²) in [5.41, 5.74) is 0.270. The quantitative estimate of drug-likeness (QED) is 0.0959. The summed E-state index contributed by atoms with van der Waals surface area (Å²) < 4.78 is 15.4. The lowest BCUT2D eigenvalue weighted by Crippen LogP contribution is -2.66. The minimum Gasteiger partial charge on any atom is -0.508 e. The summed E-state index contributed by atoms with van der Waals surface area (Å²) in [7, 11) is 0. The zero-order valence-corrected chi connectivity index (χ0v) is 23.3. The lowest BCUT2D eigenvalue weighted by atomic mass is 9.57. The van der Waals surface area contributed by atoms with Gasteiger partial charge in [-0.05, 0) is 57.7 Å². The highest BCUT2D eigenvalue weighted by Gasteiger charge is 2.63. The number of phenols is 1. The number of ketones is 2. The van der Waals surface area contributed by atoms with Crippen LogP contribution in [0.15, 0.2) is 23.0 Å². The Kier molecular flexibility index (Phi) is 8.05. The molecule has 0 unspecified atom stereocenters. The van der Waals surface area contributed by atoms with E-state index in [9.17, 15) is 39.6 Å². The highest BCUT2D eigenvalue weighted by atomic mass is 35.5. The molecule has 42 heavy (non-hydrogen) atoms. The maximum atomic E-state index is 15.4. The molecule has 14 heteroatoms. The van der Waals surface area contributed by atoms with E-state index in [1.165, 1.54) is 0 Å². The van der Waals surface area contributed by atoms with Crippen molar-refractivity contribution < 1.29 is 44.0 Å². The molecule has 4 aliphatic rings. The molecule has 0 aromatic heterocycles. The average Bonchev–Trinajstić information content (AvgIpc) is 3.43. The number of fused-ring (bicyclic) bond motifs is 3. The summed E-state index contributed by atoms with van der Waals surface area (Å²) in [5, 5.41) is 50.3. The lowest BCUT2D eigenvalue weighted by Gasteiger charge is -2.49. The number of halogens is 2. The minimum absolute atomic E-state index is 0.0207. The Morgan fingerprint density at radius 2 is 1.88 bits per heavy atom. The van der Waals surface area contributed by atoms with Gasteiger partial charge in [-0.3, -0.25) is 24.1 Å². The molecular formula is C28H32ClFN4O8. The van der Waals surface area contributed by atoms with Crippen molar-refractivity contribution in [2.24, 2.45) is 17.6 Å². The molecule has 3 aliphatic carbocycles. The maximum Gasteiger partial charge on any atom is 0.255 e. The summed E-state index contributed by atoms with van der Waals surface area (Å²) in [6.07, 6.45) is 1.90. The van der Waals surface area contributed by atoms with Gasteiger partial charge in [0.05, 0.1) is 23.8 Å². The molecule has 2 fully saturated rings. The van der Waals surface area contributed by atoms with Crippen LogP contribution in [-0.4, -0.2) is 92.4 Å². The molecular weight excluding hydrogens is 575 g/mol. The van der Waals surface area contributed by atoms with E-state index in [0.717, 1.165) is 32.0 Å². The zero-order chi connectivity index (χ0) is 30.5. The van der Waals surface area contributed by atoms with Crippen molar-refractivity contribution in [3.8, 4) is 5.75 Å². The van der Waals surface area contributed by atoms with E-state index < -0.39 is 86.7 Å². The van der Waals surface area contributed by atoms with Gasteiger partial charge in [0.1, 0.15) is 22.9 Å². The van der Waals surface area contributed by atoms with Gasteiger partial charge in [0, 0.05) is 29.0 Å². The molecule has 0 spiro atoms. The number of anilines is 1. The van der Waals surface area contributed by atoms with Crippen LogP contribution in [0.3, 0.4) is 0 Å². The molecule has 12 nitrogen and oxygen atoms in total. The Balaban J connectivity index is 1.56.